The molecule has 0 aliphatic carbocycles. The van der Waals surface area contributed by atoms with Gasteiger partial charge in [0, 0.05) is 11.4 Å². The van der Waals surface area contributed by atoms with Gasteiger partial charge in [0.05, 0.1) is 0 Å². The number of likely N-dealkylation sites (tertiary alicyclic amines) is 1. The van der Waals surface area contributed by atoms with Crippen LogP contribution in [-0.4, -0.2) is 18.0 Å². The lowest BCUT2D eigenvalue weighted by atomic mass is 10.1. The molecule has 1 aromatic heterocycles. The molecule has 18 heavy (non-hydrogen) atoms. The van der Waals surface area contributed by atoms with Crippen molar-refractivity contribution in [3.63, 3.8) is 0 Å². The first-order valence-electron chi connectivity index (χ1n) is 6.77. The number of piperidine rings is 1. The fourth-order valence-electron chi connectivity index (χ4n) is 2.59. The first-order valence-corrected chi connectivity index (χ1v) is 7.65. The third-order valence-corrected chi connectivity index (χ3v) is 4.53. The predicted molar refractivity (Wildman–Crippen MR) is 78.9 cm³/mol. The molecule has 1 aromatic carbocycles. The van der Waals surface area contributed by atoms with E-state index >= 15 is 0 Å². The van der Waals surface area contributed by atoms with Crippen molar-refractivity contribution >= 4 is 11.3 Å². The van der Waals surface area contributed by atoms with Gasteiger partial charge in [0.25, 0.3) is 0 Å². The minimum absolute atomic E-state index is 1.12. The molecule has 0 N–H and O–H groups in total. The highest BCUT2D eigenvalue weighted by molar-refractivity contribution is 7.13. The number of hydrogen-bond donors (Lipinski definition) is 0. The Morgan fingerprint density at radius 2 is 1.72 bits per heavy atom. The molecule has 1 aliphatic rings. The Labute approximate surface area is 113 Å². The summed E-state index contributed by atoms with van der Waals surface area (Å²) < 4.78 is 0. The van der Waals surface area contributed by atoms with Crippen molar-refractivity contribution in [3.05, 3.63) is 47.3 Å². The van der Waals surface area contributed by atoms with Crippen molar-refractivity contribution in [2.24, 2.45) is 0 Å². The Morgan fingerprint density at radius 3 is 2.39 bits per heavy atom. The van der Waals surface area contributed by atoms with Gasteiger partial charge in [-0.15, -0.1) is 11.3 Å². The van der Waals surface area contributed by atoms with E-state index in [1.807, 2.05) is 11.3 Å². The summed E-state index contributed by atoms with van der Waals surface area (Å²) in [6.45, 7) is 3.66. The molecule has 0 atom stereocenters. The Kier molecular flexibility index (Phi) is 3.77. The van der Waals surface area contributed by atoms with Crippen LogP contribution in [0.2, 0.25) is 0 Å². The molecule has 3 rings (SSSR count). The van der Waals surface area contributed by atoms with Gasteiger partial charge in [-0.2, -0.15) is 0 Å². The fourth-order valence-corrected chi connectivity index (χ4v) is 3.33. The summed E-state index contributed by atoms with van der Waals surface area (Å²) in [5.41, 5.74) is 2.78. The molecular formula is C16H19NS. The summed E-state index contributed by atoms with van der Waals surface area (Å²) in [5.74, 6) is 0. The van der Waals surface area contributed by atoms with Crippen LogP contribution in [0.15, 0.2) is 41.8 Å². The van der Waals surface area contributed by atoms with Gasteiger partial charge in [0.2, 0.25) is 0 Å². The molecule has 2 aromatic rings. The van der Waals surface area contributed by atoms with Crippen LogP contribution in [0, 0.1) is 0 Å². The SMILES string of the molecule is c1csc(-c2ccc(CN3CCCCC3)cc2)c1. The number of thiophene rings is 1. The number of benzene rings is 1. The van der Waals surface area contributed by atoms with Crippen molar-refractivity contribution in [1.82, 2.24) is 4.90 Å². The second-order valence-corrected chi connectivity index (χ2v) is 5.96. The minimum atomic E-state index is 1.12. The first-order chi connectivity index (χ1) is 8.92. The van der Waals surface area contributed by atoms with Crippen LogP contribution in [-0.2, 0) is 6.54 Å². The summed E-state index contributed by atoms with van der Waals surface area (Å²) in [4.78, 5) is 3.93. The van der Waals surface area contributed by atoms with Crippen LogP contribution < -0.4 is 0 Å². The second kappa shape index (κ2) is 5.68. The van der Waals surface area contributed by atoms with E-state index < -0.39 is 0 Å². The van der Waals surface area contributed by atoms with Crippen molar-refractivity contribution in [2.45, 2.75) is 25.8 Å². The highest BCUT2D eigenvalue weighted by atomic mass is 32.1. The van der Waals surface area contributed by atoms with Crippen LogP contribution in [0.3, 0.4) is 0 Å². The van der Waals surface area contributed by atoms with Gasteiger partial charge in [-0.25, -0.2) is 0 Å². The van der Waals surface area contributed by atoms with E-state index in [9.17, 15) is 0 Å². The lowest BCUT2D eigenvalue weighted by Crippen LogP contribution is -2.28. The molecule has 2 heteroatoms. The quantitative estimate of drug-likeness (QED) is 0.787. The fraction of sp³-hybridized carbons (Fsp3) is 0.375. The van der Waals surface area contributed by atoms with Crippen molar-refractivity contribution in [2.75, 3.05) is 13.1 Å². The van der Waals surface area contributed by atoms with Gasteiger partial charge < -0.3 is 0 Å². The zero-order chi connectivity index (χ0) is 12.2. The van der Waals surface area contributed by atoms with Crippen LogP contribution >= 0.6 is 11.3 Å². The summed E-state index contributed by atoms with van der Waals surface area (Å²) >= 11 is 1.81. The van der Waals surface area contributed by atoms with E-state index in [4.69, 9.17) is 0 Å². The molecular weight excluding hydrogens is 238 g/mol. The third kappa shape index (κ3) is 2.82. The largest absolute Gasteiger partial charge is 0.299 e. The third-order valence-electron chi connectivity index (χ3n) is 3.61. The molecule has 0 unspecified atom stereocenters. The van der Waals surface area contributed by atoms with E-state index in [2.05, 4.69) is 46.7 Å². The van der Waals surface area contributed by atoms with Crippen LogP contribution in [0.5, 0.6) is 0 Å². The Bertz CT molecular complexity index is 466. The maximum atomic E-state index is 2.57. The monoisotopic (exact) mass is 257 g/mol. The first kappa shape index (κ1) is 11.9. The molecule has 0 saturated carbocycles. The van der Waals surface area contributed by atoms with Gasteiger partial charge in [0.1, 0.15) is 0 Å². The van der Waals surface area contributed by atoms with Crippen LogP contribution in [0.1, 0.15) is 24.8 Å². The lowest BCUT2D eigenvalue weighted by molar-refractivity contribution is 0.221. The minimum Gasteiger partial charge on any atom is -0.299 e. The normalized spacial score (nSPS) is 16.9. The molecule has 94 valence electrons. The number of rotatable bonds is 3. The zero-order valence-electron chi connectivity index (χ0n) is 10.6. The molecule has 1 saturated heterocycles. The Morgan fingerprint density at radius 1 is 0.944 bits per heavy atom. The molecule has 1 aliphatic heterocycles. The molecule has 1 nitrogen and oxygen atoms in total. The van der Waals surface area contributed by atoms with Crippen molar-refractivity contribution in [3.8, 4) is 10.4 Å². The molecule has 1 fully saturated rings. The van der Waals surface area contributed by atoms with Crippen LogP contribution in [0.4, 0.5) is 0 Å². The number of hydrogen-bond acceptors (Lipinski definition) is 2. The summed E-state index contributed by atoms with van der Waals surface area (Å²) in [7, 11) is 0. The average molecular weight is 257 g/mol. The van der Waals surface area contributed by atoms with E-state index in [1.165, 1.54) is 48.4 Å². The van der Waals surface area contributed by atoms with Gasteiger partial charge in [-0.05, 0) is 48.5 Å². The molecule has 0 amide bonds. The number of nitrogens with zero attached hydrogens (tertiary/aromatic N) is 1. The second-order valence-electron chi connectivity index (χ2n) is 5.01. The highest BCUT2D eigenvalue weighted by Crippen LogP contribution is 2.25. The maximum absolute atomic E-state index is 2.57. The molecule has 0 radical (unpaired) electrons. The standard InChI is InChI=1S/C16H19NS/c1-2-10-17(11-3-1)13-14-6-8-15(9-7-14)16-5-4-12-18-16/h4-9,12H,1-3,10-11,13H2. The van der Waals surface area contributed by atoms with Crippen molar-refractivity contribution in [1.29, 1.82) is 0 Å². The highest BCUT2D eigenvalue weighted by Gasteiger charge is 2.10. The van der Waals surface area contributed by atoms with Crippen LogP contribution in [0.25, 0.3) is 10.4 Å². The Balaban J connectivity index is 1.67. The maximum Gasteiger partial charge on any atom is 0.0342 e. The lowest BCUT2D eigenvalue weighted by Gasteiger charge is -2.26. The van der Waals surface area contributed by atoms with Gasteiger partial charge >= 0.3 is 0 Å². The van der Waals surface area contributed by atoms with Crippen molar-refractivity contribution < 1.29 is 0 Å². The van der Waals surface area contributed by atoms with E-state index in [-0.39, 0.29) is 0 Å². The van der Waals surface area contributed by atoms with Gasteiger partial charge in [-0.1, -0.05) is 36.8 Å². The van der Waals surface area contributed by atoms with E-state index in [1.54, 1.807) is 0 Å². The summed E-state index contributed by atoms with van der Waals surface area (Å²) in [6, 6.07) is 13.4. The van der Waals surface area contributed by atoms with Gasteiger partial charge in [0.15, 0.2) is 0 Å². The van der Waals surface area contributed by atoms with Gasteiger partial charge in [-0.3, -0.25) is 4.90 Å². The topological polar surface area (TPSA) is 3.24 Å². The van der Waals surface area contributed by atoms with E-state index in [0.717, 1.165) is 6.54 Å². The van der Waals surface area contributed by atoms with E-state index in [0.29, 0.717) is 0 Å². The zero-order valence-corrected chi connectivity index (χ0v) is 11.5. The summed E-state index contributed by atoms with van der Waals surface area (Å²) in [5, 5.41) is 2.14. The molecule has 2 heterocycles. The predicted octanol–water partition coefficient (Wildman–Crippen LogP) is 4.40. The Hall–Kier alpha value is -1.12. The average Bonchev–Trinajstić information content (AvgIpc) is 2.95. The summed E-state index contributed by atoms with van der Waals surface area (Å²) in [6.07, 6.45) is 4.15. The molecule has 0 bridgehead atoms. The molecule has 0 spiro atoms. The smallest absolute Gasteiger partial charge is 0.0342 e.